The Morgan fingerprint density at radius 2 is 1.89 bits per heavy atom. The van der Waals surface area contributed by atoms with Gasteiger partial charge in [-0.2, -0.15) is 0 Å². The van der Waals surface area contributed by atoms with Crippen LogP contribution in [0, 0.1) is 0 Å². The fourth-order valence-electron chi connectivity index (χ4n) is 2.67. The largest absolute Gasteiger partial charge is 0.341 e. The SMILES string of the molecule is O=C1NCCN1C1CCN(c2ncccn2)CC1. The second-order valence-corrected chi connectivity index (χ2v) is 4.69. The van der Waals surface area contributed by atoms with E-state index in [0.29, 0.717) is 6.04 Å². The summed E-state index contributed by atoms with van der Waals surface area (Å²) >= 11 is 0. The Morgan fingerprint density at radius 3 is 2.50 bits per heavy atom. The van der Waals surface area contributed by atoms with Gasteiger partial charge in [-0.3, -0.25) is 0 Å². The summed E-state index contributed by atoms with van der Waals surface area (Å²) in [5.41, 5.74) is 0. The van der Waals surface area contributed by atoms with Gasteiger partial charge in [0.25, 0.3) is 0 Å². The van der Waals surface area contributed by atoms with Crippen LogP contribution in [0.25, 0.3) is 0 Å². The molecule has 1 aromatic rings. The van der Waals surface area contributed by atoms with Crippen molar-refractivity contribution in [1.82, 2.24) is 20.2 Å². The van der Waals surface area contributed by atoms with Gasteiger partial charge in [-0.05, 0) is 18.9 Å². The maximum absolute atomic E-state index is 11.6. The van der Waals surface area contributed by atoms with E-state index < -0.39 is 0 Å². The molecule has 2 fully saturated rings. The number of piperidine rings is 1. The van der Waals surface area contributed by atoms with E-state index in [1.807, 2.05) is 11.0 Å². The fourth-order valence-corrected chi connectivity index (χ4v) is 2.67. The molecule has 2 aliphatic rings. The van der Waals surface area contributed by atoms with E-state index in [4.69, 9.17) is 0 Å². The minimum Gasteiger partial charge on any atom is -0.341 e. The third-order valence-corrected chi connectivity index (χ3v) is 3.63. The first-order valence-corrected chi connectivity index (χ1v) is 6.41. The zero-order valence-corrected chi connectivity index (χ0v) is 10.2. The topological polar surface area (TPSA) is 61.4 Å². The number of amides is 2. The van der Waals surface area contributed by atoms with E-state index in [-0.39, 0.29) is 6.03 Å². The lowest BCUT2D eigenvalue weighted by molar-refractivity contribution is 0.186. The Bertz CT molecular complexity index is 416. The van der Waals surface area contributed by atoms with Crippen LogP contribution in [0.3, 0.4) is 0 Å². The number of hydrogen-bond donors (Lipinski definition) is 1. The smallest absolute Gasteiger partial charge is 0.317 e. The standard InChI is InChI=1S/C12H17N5O/c18-12-15-6-9-17(12)10-2-7-16(8-3-10)11-13-4-1-5-14-11/h1,4-5,10H,2-3,6-9H2,(H,15,18). The monoisotopic (exact) mass is 247 g/mol. The van der Waals surface area contributed by atoms with Gasteiger partial charge in [0.1, 0.15) is 0 Å². The van der Waals surface area contributed by atoms with Gasteiger partial charge in [-0.15, -0.1) is 0 Å². The predicted octanol–water partition coefficient (Wildman–Crippen LogP) is 0.471. The molecule has 0 bridgehead atoms. The van der Waals surface area contributed by atoms with Crippen molar-refractivity contribution in [3.8, 4) is 0 Å². The summed E-state index contributed by atoms with van der Waals surface area (Å²) in [4.78, 5) is 24.3. The molecule has 96 valence electrons. The van der Waals surface area contributed by atoms with Gasteiger partial charge in [-0.25, -0.2) is 14.8 Å². The molecule has 2 aliphatic heterocycles. The van der Waals surface area contributed by atoms with Gasteiger partial charge in [-0.1, -0.05) is 0 Å². The number of nitrogens with zero attached hydrogens (tertiary/aromatic N) is 4. The summed E-state index contributed by atoms with van der Waals surface area (Å²) in [5.74, 6) is 0.793. The minimum absolute atomic E-state index is 0.0874. The molecule has 0 aromatic carbocycles. The second-order valence-electron chi connectivity index (χ2n) is 4.69. The van der Waals surface area contributed by atoms with Crippen LogP contribution in [0.5, 0.6) is 0 Å². The Morgan fingerprint density at radius 1 is 1.17 bits per heavy atom. The number of aromatic nitrogens is 2. The third kappa shape index (κ3) is 2.10. The molecular weight excluding hydrogens is 230 g/mol. The molecule has 3 heterocycles. The first-order chi connectivity index (χ1) is 8.84. The van der Waals surface area contributed by atoms with Crippen LogP contribution in [0.1, 0.15) is 12.8 Å². The van der Waals surface area contributed by atoms with Gasteiger partial charge in [0.15, 0.2) is 0 Å². The summed E-state index contributed by atoms with van der Waals surface area (Å²) < 4.78 is 0. The molecule has 0 aliphatic carbocycles. The molecule has 6 heteroatoms. The highest BCUT2D eigenvalue weighted by Gasteiger charge is 2.31. The Balaban J connectivity index is 1.60. The molecule has 0 unspecified atom stereocenters. The molecule has 0 atom stereocenters. The molecule has 0 spiro atoms. The van der Waals surface area contributed by atoms with Crippen molar-refractivity contribution in [2.75, 3.05) is 31.1 Å². The number of carbonyl (C=O) groups is 1. The Labute approximate surface area is 106 Å². The summed E-state index contributed by atoms with van der Waals surface area (Å²) in [7, 11) is 0. The van der Waals surface area contributed by atoms with Crippen molar-refractivity contribution >= 4 is 12.0 Å². The van der Waals surface area contributed by atoms with Crippen LogP contribution >= 0.6 is 0 Å². The van der Waals surface area contributed by atoms with Crippen molar-refractivity contribution in [2.45, 2.75) is 18.9 Å². The average Bonchev–Trinajstić information content (AvgIpc) is 2.86. The number of nitrogens with one attached hydrogen (secondary N) is 1. The van der Waals surface area contributed by atoms with Crippen molar-refractivity contribution in [1.29, 1.82) is 0 Å². The van der Waals surface area contributed by atoms with Crippen LogP contribution < -0.4 is 10.2 Å². The van der Waals surface area contributed by atoms with Gasteiger partial charge < -0.3 is 15.1 Å². The average molecular weight is 247 g/mol. The molecule has 1 N–H and O–H groups in total. The molecule has 1 aromatic heterocycles. The zero-order valence-electron chi connectivity index (χ0n) is 10.2. The maximum Gasteiger partial charge on any atom is 0.317 e. The zero-order chi connectivity index (χ0) is 12.4. The van der Waals surface area contributed by atoms with Crippen molar-refractivity contribution in [3.63, 3.8) is 0 Å². The molecule has 3 rings (SSSR count). The van der Waals surface area contributed by atoms with Crippen LogP contribution in [0.2, 0.25) is 0 Å². The Hall–Kier alpha value is -1.85. The van der Waals surface area contributed by atoms with E-state index >= 15 is 0 Å². The molecule has 18 heavy (non-hydrogen) atoms. The molecule has 0 radical (unpaired) electrons. The number of carbonyl (C=O) groups excluding carboxylic acids is 1. The summed E-state index contributed by atoms with van der Waals surface area (Å²) in [6.07, 6.45) is 5.52. The van der Waals surface area contributed by atoms with E-state index in [2.05, 4.69) is 20.2 Å². The fraction of sp³-hybridized carbons (Fsp3) is 0.583. The van der Waals surface area contributed by atoms with Crippen molar-refractivity contribution in [2.24, 2.45) is 0 Å². The van der Waals surface area contributed by atoms with Crippen LogP contribution in [0.15, 0.2) is 18.5 Å². The van der Waals surface area contributed by atoms with Crippen molar-refractivity contribution < 1.29 is 4.79 Å². The highest BCUT2D eigenvalue weighted by Crippen LogP contribution is 2.20. The van der Waals surface area contributed by atoms with Crippen LogP contribution in [0.4, 0.5) is 10.7 Å². The van der Waals surface area contributed by atoms with E-state index in [1.165, 1.54) is 0 Å². The lowest BCUT2D eigenvalue weighted by atomic mass is 10.0. The molecular formula is C12H17N5O. The maximum atomic E-state index is 11.6. The number of hydrogen-bond acceptors (Lipinski definition) is 4. The minimum atomic E-state index is 0.0874. The summed E-state index contributed by atoms with van der Waals surface area (Å²) in [5, 5.41) is 2.86. The Kier molecular flexibility index (Phi) is 3.00. The normalized spacial score (nSPS) is 21.2. The van der Waals surface area contributed by atoms with E-state index in [1.54, 1.807) is 12.4 Å². The first-order valence-electron chi connectivity index (χ1n) is 6.41. The highest BCUT2D eigenvalue weighted by molar-refractivity contribution is 5.76. The third-order valence-electron chi connectivity index (χ3n) is 3.63. The lowest BCUT2D eigenvalue weighted by Crippen LogP contribution is -2.46. The first kappa shape index (κ1) is 11.3. The number of rotatable bonds is 2. The summed E-state index contributed by atoms with van der Waals surface area (Å²) in [6.45, 7) is 3.45. The van der Waals surface area contributed by atoms with Crippen LogP contribution in [-0.2, 0) is 0 Å². The number of urea groups is 1. The van der Waals surface area contributed by atoms with Crippen LogP contribution in [-0.4, -0.2) is 53.1 Å². The summed E-state index contributed by atoms with van der Waals surface area (Å²) in [6, 6.07) is 2.28. The molecule has 2 saturated heterocycles. The number of anilines is 1. The molecule has 2 amide bonds. The van der Waals surface area contributed by atoms with Gasteiger partial charge >= 0.3 is 6.03 Å². The van der Waals surface area contributed by atoms with E-state index in [0.717, 1.165) is 45.0 Å². The quantitative estimate of drug-likeness (QED) is 0.825. The van der Waals surface area contributed by atoms with Crippen molar-refractivity contribution in [3.05, 3.63) is 18.5 Å². The molecule has 6 nitrogen and oxygen atoms in total. The lowest BCUT2D eigenvalue weighted by Gasteiger charge is -2.36. The van der Waals surface area contributed by atoms with Gasteiger partial charge in [0, 0.05) is 44.6 Å². The van der Waals surface area contributed by atoms with E-state index in [9.17, 15) is 4.79 Å². The molecule has 0 saturated carbocycles. The van der Waals surface area contributed by atoms with Gasteiger partial charge in [0.05, 0.1) is 0 Å². The second kappa shape index (κ2) is 4.80. The van der Waals surface area contributed by atoms with Gasteiger partial charge in [0.2, 0.25) is 5.95 Å². The highest BCUT2D eigenvalue weighted by atomic mass is 16.2. The predicted molar refractivity (Wildman–Crippen MR) is 67.4 cm³/mol.